The highest BCUT2D eigenvalue weighted by atomic mass is 32.2. The van der Waals surface area contributed by atoms with Gasteiger partial charge in [0.2, 0.25) is 0 Å². The molecule has 3 aromatic rings. The van der Waals surface area contributed by atoms with Crippen molar-refractivity contribution in [1.29, 1.82) is 0 Å². The first kappa shape index (κ1) is 22.2. The molecule has 30 heavy (non-hydrogen) atoms. The van der Waals surface area contributed by atoms with E-state index in [9.17, 15) is 9.90 Å². The zero-order chi connectivity index (χ0) is 21.2. The van der Waals surface area contributed by atoms with E-state index in [1.54, 1.807) is 0 Å². The van der Waals surface area contributed by atoms with Crippen LogP contribution in [0.4, 0.5) is 0 Å². The van der Waals surface area contributed by atoms with Gasteiger partial charge >= 0.3 is 0 Å². The summed E-state index contributed by atoms with van der Waals surface area (Å²) in [5.41, 5.74) is 1.54. The minimum absolute atomic E-state index is 0.0278. The van der Waals surface area contributed by atoms with E-state index < -0.39 is 5.97 Å². The summed E-state index contributed by atoms with van der Waals surface area (Å²) in [6, 6.07) is 31.3. The lowest BCUT2D eigenvalue weighted by Crippen LogP contribution is -2.19. The maximum atomic E-state index is 9.26. The Bertz CT molecular complexity index is 846. The average Bonchev–Trinajstić information content (AvgIpc) is 2.82. The van der Waals surface area contributed by atoms with Crippen LogP contribution in [0.15, 0.2) is 99.6 Å². The summed E-state index contributed by atoms with van der Waals surface area (Å²) in [6.07, 6.45) is 7.04. The molecule has 0 spiro atoms. The van der Waals surface area contributed by atoms with Crippen LogP contribution in [0.1, 0.15) is 56.9 Å². The van der Waals surface area contributed by atoms with Crippen molar-refractivity contribution in [1.82, 2.24) is 0 Å². The van der Waals surface area contributed by atoms with Crippen molar-refractivity contribution in [2.24, 2.45) is 0 Å². The molecule has 4 rings (SSSR count). The molecular formula is C27H30O2S. The molecule has 0 atom stereocenters. The fourth-order valence-electron chi connectivity index (χ4n) is 3.83. The Kier molecular flexibility index (Phi) is 8.58. The summed E-state index contributed by atoms with van der Waals surface area (Å²) < 4.78 is 0. The van der Waals surface area contributed by atoms with Gasteiger partial charge in [0, 0.05) is 5.97 Å². The fraction of sp³-hybridized carbons (Fsp3) is 0.296. The molecule has 0 aromatic heterocycles. The van der Waals surface area contributed by atoms with Crippen molar-refractivity contribution in [3.05, 3.63) is 90.5 Å². The molecular weight excluding hydrogens is 388 g/mol. The molecule has 3 aromatic carbocycles. The third-order valence-electron chi connectivity index (χ3n) is 5.44. The van der Waals surface area contributed by atoms with Crippen molar-refractivity contribution < 1.29 is 9.90 Å². The molecule has 0 unspecified atom stereocenters. The highest BCUT2D eigenvalue weighted by Gasteiger charge is 2.28. The molecule has 2 nitrogen and oxygen atoms in total. The Morgan fingerprint density at radius 3 is 1.63 bits per heavy atom. The molecule has 156 valence electrons. The third-order valence-corrected chi connectivity index (χ3v) is 7.67. The lowest BCUT2D eigenvalue weighted by molar-refractivity contribution is -0.305. The minimum Gasteiger partial charge on any atom is -0.550 e. The Morgan fingerprint density at radius 1 is 0.767 bits per heavy atom. The molecule has 1 aliphatic rings. The van der Waals surface area contributed by atoms with Gasteiger partial charge in [0.05, 0.1) is 10.9 Å². The molecule has 0 saturated heterocycles. The molecule has 1 saturated carbocycles. The highest BCUT2D eigenvalue weighted by molar-refractivity contribution is 7.97. The van der Waals surface area contributed by atoms with E-state index in [4.69, 9.17) is 0 Å². The third kappa shape index (κ3) is 6.24. The quantitative estimate of drug-likeness (QED) is 0.479. The van der Waals surface area contributed by atoms with Crippen molar-refractivity contribution in [3.63, 3.8) is 0 Å². The SMILES string of the molecule is CCC(=O)[O-].c1ccc([S+](c2ccccc2)c2ccc(C3CCCCC3)cc2)cc1. The lowest BCUT2D eigenvalue weighted by atomic mass is 9.84. The first-order valence-electron chi connectivity index (χ1n) is 10.8. The molecule has 3 heteroatoms. The second-order valence-electron chi connectivity index (χ2n) is 7.56. The summed E-state index contributed by atoms with van der Waals surface area (Å²) in [4.78, 5) is 13.4. The molecule has 0 N–H and O–H groups in total. The second kappa shape index (κ2) is 11.6. The normalized spacial score (nSPS) is 14.1. The molecule has 1 fully saturated rings. The predicted molar refractivity (Wildman–Crippen MR) is 123 cm³/mol. The van der Waals surface area contributed by atoms with Gasteiger partial charge in [-0.2, -0.15) is 0 Å². The van der Waals surface area contributed by atoms with Gasteiger partial charge in [-0.25, -0.2) is 0 Å². The van der Waals surface area contributed by atoms with Crippen LogP contribution in [0.25, 0.3) is 0 Å². The molecule has 0 aliphatic heterocycles. The van der Waals surface area contributed by atoms with Gasteiger partial charge in [-0.15, -0.1) is 0 Å². The van der Waals surface area contributed by atoms with E-state index in [1.165, 1.54) is 59.3 Å². The number of aliphatic carboxylic acids is 1. The number of carbonyl (C=O) groups is 1. The molecule has 0 bridgehead atoms. The number of rotatable bonds is 5. The van der Waals surface area contributed by atoms with Crippen molar-refractivity contribution in [2.45, 2.75) is 66.1 Å². The maximum absolute atomic E-state index is 9.26. The van der Waals surface area contributed by atoms with Gasteiger partial charge in [0.15, 0.2) is 14.7 Å². The number of carbonyl (C=O) groups excluding carboxylic acids is 1. The van der Waals surface area contributed by atoms with Gasteiger partial charge in [-0.1, -0.05) is 74.7 Å². The van der Waals surface area contributed by atoms with E-state index in [-0.39, 0.29) is 17.3 Å². The molecule has 0 heterocycles. The molecule has 0 radical (unpaired) electrons. The number of benzene rings is 3. The Balaban J connectivity index is 0.000000461. The van der Waals surface area contributed by atoms with E-state index in [0.717, 1.165) is 5.92 Å². The lowest BCUT2D eigenvalue weighted by Gasteiger charge is -2.22. The summed E-state index contributed by atoms with van der Waals surface area (Å²) in [5, 5.41) is 9.26. The number of hydrogen-bond acceptors (Lipinski definition) is 2. The van der Waals surface area contributed by atoms with E-state index in [0.29, 0.717) is 0 Å². The Labute approximate surface area is 183 Å². The Hall–Kier alpha value is -2.52. The van der Waals surface area contributed by atoms with Crippen LogP contribution < -0.4 is 5.11 Å². The summed E-state index contributed by atoms with van der Waals surface area (Å²) in [7, 11) is -0.0278. The first-order valence-corrected chi connectivity index (χ1v) is 12.1. The standard InChI is InChI=1S/C24H25S.C3H6O2/c1-4-10-20(11-5-1)21-16-18-24(19-17-21)25(22-12-6-2-7-13-22)23-14-8-3-9-15-23;1-2-3(4)5/h2-3,6-9,12-20H,1,4-5,10-11H2;2H2,1H3,(H,4,5)/q+1;/p-1. The number of hydrogen-bond donors (Lipinski definition) is 0. The zero-order valence-corrected chi connectivity index (χ0v) is 18.4. The second-order valence-corrected chi connectivity index (χ2v) is 9.59. The smallest absolute Gasteiger partial charge is 0.166 e. The predicted octanol–water partition coefficient (Wildman–Crippen LogP) is 5.98. The Morgan fingerprint density at radius 2 is 1.20 bits per heavy atom. The minimum atomic E-state index is -0.995. The van der Waals surface area contributed by atoms with Crippen LogP contribution in [0.5, 0.6) is 0 Å². The van der Waals surface area contributed by atoms with Crippen LogP contribution >= 0.6 is 0 Å². The van der Waals surface area contributed by atoms with Gasteiger partial charge < -0.3 is 9.90 Å². The summed E-state index contributed by atoms with van der Waals surface area (Å²) in [5.74, 6) is -0.219. The highest BCUT2D eigenvalue weighted by Crippen LogP contribution is 2.35. The van der Waals surface area contributed by atoms with Crippen LogP contribution in [-0.2, 0) is 15.7 Å². The van der Waals surface area contributed by atoms with Crippen molar-refractivity contribution >= 4 is 16.9 Å². The molecule has 1 aliphatic carbocycles. The van der Waals surface area contributed by atoms with Gasteiger partial charge in [0.25, 0.3) is 0 Å². The number of carboxylic acids is 1. The van der Waals surface area contributed by atoms with Crippen LogP contribution in [0.3, 0.4) is 0 Å². The van der Waals surface area contributed by atoms with E-state index in [2.05, 4.69) is 84.9 Å². The fourth-order valence-corrected chi connectivity index (χ4v) is 5.92. The molecule has 0 amide bonds. The largest absolute Gasteiger partial charge is 0.550 e. The van der Waals surface area contributed by atoms with Gasteiger partial charge in [0.1, 0.15) is 0 Å². The number of carboxylic acid groups (broad SMARTS) is 1. The van der Waals surface area contributed by atoms with Crippen LogP contribution in [-0.4, -0.2) is 5.97 Å². The van der Waals surface area contributed by atoms with E-state index in [1.807, 2.05) is 0 Å². The van der Waals surface area contributed by atoms with Gasteiger partial charge in [-0.05, 0) is 67.1 Å². The van der Waals surface area contributed by atoms with Crippen molar-refractivity contribution in [2.75, 3.05) is 0 Å². The summed E-state index contributed by atoms with van der Waals surface area (Å²) >= 11 is 0. The summed E-state index contributed by atoms with van der Waals surface area (Å²) in [6.45, 7) is 1.54. The maximum Gasteiger partial charge on any atom is 0.166 e. The zero-order valence-electron chi connectivity index (χ0n) is 17.6. The van der Waals surface area contributed by atoms with Crippen LogP contribution in [0.2, 0.25) is 0 Å². The van der Waals surface area contributed by atoms with E-state index >= 15 is 0 Å². The van der Waals surface area contributed by atoms with Gasteiger partial charge in [-0.3, -0.25) is 0 Å². The van der Waals surface area contributed by atoms with Crippen molar-refractivity contribution in [3.8, 4) is 0 Å². The first-order chi connectivity index (χ1) is 14.7. The topological polar surface area (TPSA) is 40.1 Å². The van der Waals surface area contributed by atoms with Crippen LogP contribution in [0, 0.1) is 0 Å². The monoisotopic (exact) mass is 418 g/mol. The average molecular weight is 419 g/mol.